The van der Waals surface area contributed by atoms with Crippen molar-refractivity contribution in [2.24, 2.45) is 0 Å². The Labute approximate surface area is 104 Å². The van der Waals surface area contributed by atoms with E-state index in [2.05, 4.69) is 31.5 Å². The molecule has 0 fully saturated rings. The lowest BCUT2D eigenvalue weighted by molar-refractivity contribution is -0.121. The van der Waals surface area contributed by atoms with E-state index in [0.717, 1.165) is 10.0 Å². The lowest BCUT2D eigenvalue weighted by Gasteiger charge is -2.15. The third-order valence-electron chi connectivity index (χ3n) is 2.08. The first-order valence-corrected chi connectivity index (χ1v) is 6.00. The lowest BCUT2D eigenvalue weighted by Crippen LogP contribution is -2.37. The molecule has 1 heterocycles. The Balaban J connectivity index is 2.69. The minimum Gasteiger partial charge on any atom is -0.358 e. The van der Waals surface area contributed by atoms with Crippen molar-refractivity contribution in [3.63, 3.8) is 0 Å². The Morgan fingerprint density at radius 3 is 2.88 bits per heavy atom. The van der Waals surface area contributed by atoms with Crippen LogP contribution < -0.4 is 10.6 Å². The van der Waals surface area contributed by atoms with E-state index >= 15 is 0 Å². The number of nitrogens with one attached hydrogen (secondary N) is 2. The maximum Gasteiger partial charge on any atom is 0.242 e. The molecule has 0 bridgehead atoms. The van der Waals surface area contributed by atoms with Gasteiger partial charge in [-0.3, -0.25) is 4.79 Å². The number of anilines is 1. The minimum absolute atomic E-state index is 0.0308. The quantitative estimate of drug-likeness (QED) is 0.891. The van der Waals surface area contributed by atoms with Crippen LogP contribution in [0.4, 0.5) is 5.82 Å². The summed E-state index contributed by atoms with van der Waals surface area (Å²) in [5.41, 5.74) is 1.07. The van der Waals surface area contributed by atoms with Crippen molar-refractivity contribution in [1.82, 2.24) is 10.3 Å². The standard InChI is InChI=1S/C11H16BrN3O/c1-4-13-11(16)8(3)15-10-9(12)5-7(2)6-14-10/h5-6,8H,4H2,1-3H3,(H,13,16)(H,14,15). The molecule has 2 N–H and O–H groups in total. The minimum atomic E-state index is -0.300. The normalized spacial score (nSPS) is 12.0. The molecular weight excluding hydrogens is 270 g/mol. The molecule has 1 amide bonds. The number of rotatable bonds is 4. The number of nitrogens with zero attached hydrogens (tertiary/aromatic N) is 1. The van der Waals surface area contributed by atoms with Crippen LogP contribution in [0.15, 0.2) is 16.7 Å². The molecule has 0 saturated heterocycles. The van der Waals surface area contributed by atoms with Crippen molar-refractivity contribution in [3.8, 4) is 0 Å². The van der Waals surface area contributed by atoms with Crippen molar-refractivity contribution in [2.75, 3.05) is 11.9 Å². The molecule has 0 aliphatic carbocycles. The van der Waals surface area contributed by atoms with Crippen LogP contribution in [0.25, 0.3) is 0 Å². The van der Waals surface area contributed by atoms with Crippen LogP contribution in [0.1, 0.15) is 19.4 Å². The van der Waals surface area contributed by atoms with E-state index in [0.29, 0.717) is 12.4 Å². The summed E-state index contributed by atoms with van der Waals surface area (Å²) in [4.78, 5) is 15.7. The SMILES string of the molecule is CCNC(=O)C(C)Nc1ncc(C)cc1Br. The van der Waals surface area contributed by atoms with Gasteiger partial charge in [-0.05, 0) is 48.3 Å². The molecule has 0 aliphatic rings. The Hall–Kier alpha value is -1.10. The van der Waals surface area contributed by atoms with Gasteiger partial charge in [-0.25, -0.2) is 4.98 Å². The van der Waals surface area contributed by atoms with E-state index in [4.69, 9.17) is 0 Å². The second-order valence-electron chi connectivity index (χ2n) is 3.60. The summed E-state index contributed by atoms with van der Waals surface area (Å²) in [5, 5.41) is 5.80. The van der Waals surface area contributed by atoms with Crippen molar-refractivity contribution < 1.29 is 4.79 Å². The van der Waals surface area contributed by atoms with E-state index < -0.39 is 0 Å². The number of pyridine rings is 1. The average Bonchev–Trinajstić information content (AvgIpc) is 2.22. The molecule has 0 radical (unpaired) electrons. The molecule has 1 aromatic heterocycles. The monoisotopic (exact) mass is 285 g/mol. The summed E-state index contributed by atoms with van der Waals surface area (Å²) in [7, 11) is 0. The molecule has 88 valence electrons. The van der Waals surface area contributed by atoms with E-state index in [-0.39, 0.29) is 11.9 Å². The van der Waals surface area contributed by atoms with Gasteiger partial charge in [-0.1, -0.05) is 0 Å². The van der Waals surface area contributed by atoms with Gasteiger partial charge in [0.25, 0.3) is 0 Å². The van der Waals surface area contributed by atoms with Gasteiger partial charge in [0.1, 0.15) is 11.9 Å². The van der Waals surface area contributed by atoms with Crippen molar-refractivity contribution in [1.29, 1.82) is 0 Å². The number of carbonyl (C=O) groups is 1. The highest BCUT2D eigenvalue weighted by molar-refractivity contribution is 9.10. The largest absolute Gasteiger partial charge is 0.358 e. The maximum absolute atomic E-state index is 11.5. The topological polar surface area (TPSA) is 54.0 Å². The fraction of sp³-hybridized carbons (Fsp3) is 0.455. The first kappa shape index (κ1) is 13.0. The van der Waals surface area contributed by atoms with Gasteiger partial charge in [-0.2, -0.15) is 0 Å². The Kier molecular flexibility index (Phi) is 4.73. The first-order chi connectivity index (χ1) is 7.54. The third-order valence-corrected chi connectivity index (χ3v) is 2.68. The number of hydrogen-bond acceptors (Lipinski definition) is 3. The first-order valence-electron chi connectivity index (χ1n) is 5.21. The summed E-state index contributed by atoms with van der Waals surface area (Å²) in [6.07, 6.45) is 1.76. The molecule has 16 heavy (non-hydrogen) atoms. The number of hydrogen-bond donors (Lipinski definition) is 2. The second kappa shape index (κ2) is 5.84. The zero-order chi connectivity index (χ0) is 12.1. The van der Waals surface area contributed by atoms with Gasteiger partial charge in [-0.15, -0.1) is 0 Å². The maximum atomic E-state index is 11.5. The summed E-state index contributed by atoms with van der Waals surface area (Å²) in [6, 6.07) is 1.66. The summed E-state index contributed by atoms with van der Waals surface area (Å²) in [5.74, 6) is 0.654. The summed E-state index contributed by atoms with van der Waals surface area (Å²) >= 11 is 3.41. The molecule has 0 spiro atoms. The highest BCUT2D eigenvalue weighted by atomic mass is 79.9. The number of aromatic nitrogens is 1. The fourth-order valence-electron chi connectivity index (χ4n) is 1.24. The molecule has 0 saturated carbocycles. The Bertz CT molecular complexity index is 381. The molecule has 1 atom stereocenters. The lowest BCUT2D eigenvalue weighted by atomic mass is 10.3. The fourth-order valence-corrected chi connectivity index (χ4v) is 1.82. The summed E-state index contributed by atoms with van der Waals surface area (Å²) in [6.45, 7) is 6.30. The molecule has 1 rings (SSSR count). The smallest absolute Gasteiger partial charge is 0.242 e. The van der Waals surface area contributed by atoms with Gasteiger partial charge in [0, 0.05) is 12.7 Å². The average molecular weight is 286 g/mol. The predicted molar refractivity (Wildman–Crippen MR) is 68.4 cm³/mol. The highest BCUT2D eigenvalue weighted by Crippen LogP contribution is 2.20. The Morgan fingerprint density at radius 2 is 2.31 bits per heavy atom. The number of halogens is 1. The molecule has 1 unspecified atom stereocenters. The van der Waals surface area contributed by atoms with Crippen molar-refractivity contribution in [2.45, 2.75) is 26.8 Å². The predicted octanol–water partition coefficient (Wildman–Crippen LogP) is 2.09. The van der Waals surface area contributed by atoms with Crippen LogP contribution in [0.5, 0.6) is 0 Å². The van der Waals surface area contributed by atoms with Crippen molar-refractivity contribution in [3.05, 3.63) is 22.3 Å². The van der Waals surface area contributed by atoms with Gasteiger partial charge in [0.15, 0.2) is 0 Å². The molecule has 4 nitrogen and oxygen atoms in total. The van der Waals surface area contributed by atoms with E-state index in [9.17, 15) is 4.79 Å². The van der Waals surface area contributed by atoms with Crippen LogP contribution in [0.3, 0.4) is 0 Å². The van der Waals surface area contributed by atoms with Crippen LogP contribution >= 0.6 is 15.9 Å². The number of amides is 1. The van der Waals surface area contributed by atoms with Gasteiger partial charge in [0.05, 0.1) is 4.47 Å². The van der Waals surface area contributed by atoms with Gasteiger partial charge in [0.2, 0.25) is 5.91 Å². The molecule has 5 heteroatoms. The molecule has 0 aliphatic heterocycles. The number of likely N-dealkylation sites (N-methyl/N-ethyl adjacent to an activating group) is 1. The van der Waals surface area contributed by atoms with Crippen LogP contribution in [-0.4, -0.2) is 23.5 Å². The van der Waals surface area contributed by atoms with Crippen LogP contribution in [0, 0.1) is 6.92 Å². The third kappa shape index (κ3) is 3.48. The van der Waals surface area contributed by atoms with E-state index in [1.165, 1.54) is 0 Å². The molecular formula is C11H16BrN3O. The van der Waals surface area contributed by atoms with Crippen molar-refractivity contribution >= 4 is 27.7 Å². The zero-order valence-corrected chi connectivity index (χ0v) is 11.3. The molecule has 0 aromatic carbocycles. The highest BCUT2D eigenvalue weighted by Gasteiger charge is 2.13. The molecule has 1 aromatic rings. The zero-order valence-electron chi connectivity index (χ0n) is 9.67. The van der Waals surface area contributed by atoms with E-state index in [1.807, 2.05) is 19.9 Å². The van der Waals surface area contributed by atoms with Crippen LogP contribution in [-0.2, 0) is 4.79 Å². The Morgan fingerprint density at radius 1 is 1.62 bits per heavy atom. The van der Waals surface area contributed by atoms with Gasteiger partial charge >= 0.3 is 0 Å². The second-order valence-corrected chi connectivity index (χ2v) is 4.46. The van der Waals surface area contributed by atoms with E-state index in [1.54, 1.807) is 13.1 Å². The van der Waals surface area contributed by atoms with Crippen LogP contribution in [0.2, 0.25) is 0 Å². The number of carbonyl (C=O) groups excluding carboxylic acids is 1. The number of aryl methyl sites for hydroxylation is 1. The summed E-state index contributed by atoms with van der Waals surface area (Å²) < 4.78 is 0.864. The van der Waals surface area contributed by atoms with Gasteiger partial charge < -0.3 is 10.6 Å².